The van der Waals surface area contributed by atoms with Gasteiger partial charge in [-0.3, -0.25) is 0 Å². The molecule has 0 spiro atoms. The number of hydrazone groups is 1. The monoisotopic (exact) mass is 326 g/mol. The third kappa shape index (κ3) is 3.49. The van der Waals surface area contributed by atoms with E-state index in [1.165, 1.54) is 18.3 Å². The molecule has 0 unspecified atom stereocenters. The molecule has 0 heterocycles. The number of nitrogens with zero attached hydrogens (tertiary/aromatic N) is 1. The molecule has 0 fully saturated rings. The van der Waals surface area contributed by atoms with E-state index in [1.807, 2.05) is 24.3 Å². The lowest BCUT2D eigenvalue weighted by atomic mass is 10.1. The van der Waals surface area contributed by atoms with E-state index in [9.17, 15) is 13.5 Å². The van der Waals surface area contributed by atoms with E-state index in [0.717, 1.165) is 10.8 Å². The summed E-state index contributed by atoms with van der Waals surface area (Å²) in [5.41, 5.74) is 0.670. The number of nitrogens with one attached hydrogen (secondary N) is 1. The van der Waals surface area contributed by atoms with Crippen LogP contribution in [0.2, 0.25) is 0 Å². The van der Waals surface area contributed by atoms with Crippen molar-refractivity contribution in [3.8, 4) is 5.75 Å². The van der Waals surface area contributed by atoms with Crippen molar-refractivity contribution in [3.05, 3.63) is 72.3 Å². The predicted octanol–water partition coefficient (Wildman–Crippen LogP) is 2.86. The fraction of sp³-hybridized carbons (Fsp3) is 0. The minimum atomic E-state index is -3.73. The van der Waals surface area contributed by atoms with Gasteiger partial charge in [-0.25, -0.2) is 4.83 Å². The molecule has 3 aromatic carbocycles. The van der Waals surface area contributed by atoms with Crippen LogP contribution in [-0.2, 0) is 10.0 Å². The van der Waals surface area contributed by atoms with Gasteiger partial charge in [0.2, 0.25) is 0 Å². The summed E-state index contributed by atoms with van der Waals surface area (Å²) in [4.78, 5) is 2.33. The van der Waals surface area contributed by atoms with E-state index in [4.69, 9.17) is 0 Å². The first-order chi connectivity index (χ1) is 11.0. The fourth-order valence-electron chi connectivity index (χ4n) is 2.12. The van der Waals surface area contributed by atoms with E-state index in [1.54, 1.807) is 30.3 Å². The van der Waals surface area contributed by atoms with Crippen LogP contribution in [0, 0.1) is 0 Å². The smallest absolute Gasteiger partial charge is 0.276 e. The molecular formula is C17H14N2O3S. The van der Waals surface area contributed by atoms with Gasteiger partial charge in [-0.05, 0) is 52.7 Å². The van der Waals surface area contributed by atoms with Crippen LogP contribution >= 0.6 is 0 Å². The summed E-state index contributed by atoms with van der Waals surface area (Å²) >= 11 is 0. The normalized spacial score (nSPS) is 11.8. The van der Waals surface area contributed by atoms with Crippen LogP contribution in [-0.4, -0.2) is 19.7 Å². The van der Waals surface area contributed by atoms with Crippen molar-refractivity contribution in [3.63, 3.8) is 0 Å². The third-order valence-corrected chi connectivity index (χ3v) is 4.53. The molecule has 6 heteroatoms. The maximum atomic E-state index is 12.3. The first kappa shape index (κ1) is 15.1. The van der Waals surface area contributed by atoms with Gasteiger partial charge in [0.05, 0.1) is 11.1 Å². The molecule has 0 atom stereocenters. The topological polar surface area (TPSA) is 78.8 Å². The van der Waals surface area contributed by atoms with E-state index in [2.05, 4.69) is 9.93 Å². The lowest BCUT2D eigenvalue weighted by Gasteiger charge is -2.05. The van der Waals surface area contributed by atoms with Gasteiger partial charge in [0.25, 0.3) is 10.0 Å². The minimum Gasteiger partial charge on any atom is -0.508 e. The SMILES string of the molecule is O=S(=O)(N/N=C/c1ccc(O)cc1)c1ccc2ccccc2c1. The number of fused-ring (bicyclic) bond motifs is 1. The quantitative estimate of drug-likeness (QED) is 0.571. The highest BCUT2D eigenvalue weighted by Gasteiger charge is 2.12. The first-order valence-electron chi connectivity index (χ1n) is 6.87. The zero-order chi connectivity index (χ0) is 16.3. The Morgan fingerprint density at radius 2 is 1.61 bits per heavy atom. The van der Waals surface area contributed by atoms with Gasteiger partial charge in [-0.1, -0.05) is 30.3 Å². The Hall–Kier alpha value is -2.86. The van der Waals surface area contributed by atoms with Gasteiger partial charge in [-0.15, -0.1) is 0 Å². The van der Waals surface area contributed by atoms with E-state index in [-0.39, 0.29) is 10.6 Å². The van der Waals surface area contributed by atoms with Crippen LogP contribution in [0.3, 0.4) is 0 Å². The van der Waals surface area contributed by atoms with Crippen molar-refractivity contribution in [2.75, 3.05) is 0 Å². The van der Waals surface area contributed by atoms with Gasteiger partial charge >= 0.3 is 0 Å². The molecule has 0 aromatic heterocycles. The molecule has 0 amide bonds. The zero-order valence-electron chi connectivity index (χ0n) is 12.0. The molecule has 0 aliphatic carbocycles. The molecule has 2 N–H and O–H groups in total. The molecule has 23 heavy (non-hydrogen) atoms. The number of sulfonamides is 1. The Morgan fingerprint density at radius 3 is 2.35 bits per heavy atom. The lowest BCUT2D eigenvalue weighted by molar-refractivity contribution is 0.475. The van der Waals surface area contributed by atoms with E-state index >= 15 is 0 Å². The predicted molar refractivity (Wildman–Crippen MR) is 90.0 cm³/mol. The maximum Gasteiger partial charge on any atom is 0.276 e. The second-order valence-electron chi connectivity index (χ2n) is 4.95. The number of hydrogen-bond donors (Lipinski definition) is 2. The number of benzene rings is 3. The number of aromatic hydroxyl groups is 1. The average molecular weight is 326 g/mol. The summed E-state index contributed by atoms with van der Waals surface area (Å²) in [6, 6.07) is 18.7. The van der Waals surface area contributed by atoms with Crippen molar-refractivity contribution < 1.29 is 13.5 Å². The average Bonchev–Trinajstić information content (AvgIpc) is 2.56. The van der Waals surface area contributed by atoms with Crippen molar-refractivity contribution in [2.24, 2.45) is 5.10 Å². The van der Waals surface area contributed by atoms with Gasteiger partial charge in [-0.2, -0.15) is 13.5 Å². The van der Waals surface area contributed by atoms with E-state index in [0.29, 0.717) is 5.56 Å². The van der Waals surface area contributed by atoms with Crippen LogP contribution in [0.4, 0.5) is 0 Å². The lowest BCUT2D eigenvalue weighted by Crippen LogP contribution is -2.18. The van der Waals surface area contributed by atoms with Crippen molar-refractivity contribution in [2.45, 2.75) is 4.90 Å². The van der Waals surface area contributed by atoms with Gasteiger partial charge in [0.15, 0.2) is 0 Å². The van der Waals surface area contributed by atoms with Gasteiger partial charge in [0.1, 0.15) is 5.75 Å². The van der Waals surface area contributed by atoms with Crippen molar-refractivity contribution in [1.29, 1.82) is 0 Å². The summed E-state index contributed by atoms with van der Waals surface area (Å²) < 4.78 is 24.5. The molecule has 0 aliphatic heterocycles. The molecular weight excluding hydrogens is 312 g/mol. The fourth-order valence-corrected chi connectivity index (χ4v) is 2.94. The van der Waals surface area contributed by atoms with Crippen molar-refractivity contribution in [1.82, 2.24) is 4.83 Å². The largest absolute Gasteiger partial charge is 0.508 e. The second-order valence-corrected chi connectivity index (χ2v) is 6.61. The summed E-state index contributed by atoms with van der Waals surface area (Å²) in [6.45, 7) is 0. The number of hydrogen-bond acceptors (Lipinski definition) is 4. The van der Waals surface area contributed by atoms with Crippen LogP contribution in [0.15, 0.2) is 76.7 Å². The summed E-state index contributed by atoms with van der Waals surface area (Å²) in [7, 11) is -3.73. The molecule has 3 rings (SSSR count). The Kier molecular flexibility index (Phi) is 3.99. The van der Waals surface area contributed by atoms with Crippen LogP contribution < -0.4 is 4.83 Å². The first-order valence-corrected chi connectivity index (χ1v) is 8.36. The van der Waals surface area contributed by atoms with E-state index < -0.39 is 10.0 Å². The van der Waals surface area contributed by atoms with Gasteiger partial charge in [0, 0.05) is 0 Å². The third-order valence-electron chi connectivity index (χ3n) is 3.31. The molecule has 0 radical (unpaired) electrons. The van der Waals surface area contributed by atoms with Crippen LogP contribution in [0.25, 0.3) is 10.8 Å². The number of phenolic OH excluding ortho intramolecular Hbond substituents is 1. The van der Waals surface area contributed by atoms with Crippen LogP contribution in [0.5, 0.6) is 5.75 Å². The molecule has 0 bridgehead atoms. The molecule has 0 saturated heterocycles. The van der Waals surface area contributed by atoms with Crippen LogP contribution in [0.1, 0.15) is 5.56 Å². The Labute approximate surface area is 134 Å². The highest BCUT2D eigenvalue weighted by Crippen LogP contribution is 2.18. The summed E-state index contributed by atoms with van der Waals surface area (Å²) in [5, 5.41) is 14.8. The van der Waals surface area contributed by atoms with Gasteiger partial charge < -0.3 is 5.11 Å². The Bertz CT molecular complexity index is 965. The molecule has 5 nitrogen and oxygen atoms in total. The van der Waals surface area contributed by atoms with Crippen molar-refractivity contribution >= 4 is 27.0 Å². The summed E-state index contributed by atoms with van der Waals surface area (Å²) in [6.07, 6.45) is 1.37. The molecule has 3 aromatic rings. The second kappa shape index (κ2) is 6.10. The standard InChI is InChI=1S/C17H14N2O3S/c20-16-8-5-13(6-9-16)12-18-19-23(21,22)17-10-7-14-3-1-2-4-15(14)11-17/h1-12,19-20H/b18-12+. The highest BCUT2D eigenvalue weighted by molar-refractivity contribution is 7.89. The molecule has 0 aliphatic rings. The number of rotatable bonds is 4. The summed E-state index contributed by atoms with van der Waals surface area (Å²) in [5.74, 6) is 0.138. The molecule has 116 valence electrons. The minimum absolute atomic E-state index is 0.138. The maximum absolute atomic E-state index is 12.3. The highest BCUT2D eigenvalue weighted by atomic mass is 32.2. The molecule has 0 saturated carbocycles. The Balaban J connectivity index is 1.81. The zero-order valence-corrected chi connectivity index (χ0v) is 12.9. The Morgan fingerprint density at radius 1 is 0.913 bits per heavy atom. The number of phenols is 1.